The maximum Gasteiger partial charge on any atom is 0.409 e. The van der Waals surface area contributed by atoms with Crippen molar-refractivity contribution >= 4 is 23.6 Å². The van der Waals surface area contributed by atoms with Crippen LogP contribution in [-0.2, 0) is 11.2 Å². The molecule has 1 aliphatic rings. The van der Waals surface area contributed by atoms with E-state index in [0.29, 0.717) is 31.3 Å². The fraction of sp³-hybridized carbons (Fsp3) is 0.429. The third-order valence-corrected chi connectivity index (χ3v) is 4.89. The van der Waals surface area contributed by atoms with Gasteiger partial charge in [-0.05, 0) is 43.9 Å². The maximum atomic E-state index is 12.6. The van der Waals surface area contributed by atoms with E-state index < -0.39 is 0 Å². The first kappa shape index (κ1) is 20.6. The predicted molar refractivity (Wildman–Crippen MR) is 111 cm³/mol. The molecule has 2 heterocycles. The topological polar surface area (TPSA) is 96.5 Å². The molecule has 0 saturated carbocycles. The Hall–Kier alpha value is -3.16. The quantitative estimate of drug-likeness (QED) is 0.776. The first-order valence-corrected chi connectivity index (χ1v) is 10.0. The van der Waals surface area contributed by atoms with E-state index in [0.717, 1.165) is 30.5 Å². The van der Waals surface area contributed by atoms with Crippen molar-refractivity contribution < 1.29 is 14.3 Å². The minimum absolute atomic E-state index is 0.139. The highest BCUT2D eigenvalue weighted by Gasteiger charge is 2.24. The lowest BCUT2D eigenvalue weighted by atomic mass is 10.1. The number of nitrogens with one attached hydrogen (secondary N) is 2. The van der Waals surface area contributed by atoms with E-state index in [-0.39, 0.29) is 18.0 Å². The van der Waals surface area contributed by atoms with Crippen LogP contribution in [-0.4, -0.2) is 52.6 Å². The van der Waals surface area contributed by atoms with Crippen LogP contribution in [0.1, 0.15) is 42.7 Å². The Balaban J connectivity index is 1.58. The van der Waals surface area contributed by atoms with Gasteiger partial charge >= 0.3 is 6.09 Å². The Morgan fingerprint density at radius 2 is 1.93 bits per heavy atom. The van der Waals surface area contributed by atoms with Crippen LogP contribution in [0.5, 0.6) is 0 Å². The average molecular weight is 397 g/mol. The Bertz CT molecular complexity index is 850. The molecule has 0 aliphatic carbocycles. The second-order valence-electron chi connectivity index (χ2n) is 6.83. The summed E-state index contributed by atoms with van der Waals surface area (Å²) in [5, 5.41) is 6.20. The smallest absolute Gasteiger partial charge is 0.409 e. The Kier molecular flexibility index (Phi) is 6.99. The van der Waals surface area contributed by atoms with Crippen molar-refractivity contribution in [1.82, 2.24) is 14.9 Å². The monoisotopic (exact) mass is 397 g/mol. The number of aromatic nitrogens is 2. The number of ether oxygens (including phenoxy) is 1. The highest BCUT2D eigenvalue weighted by molar-refractivity contribution is 6.03. The summed E-state index contributed by atoms with van der Waals surface area (Å²) in [4.78, 5) is 34.7. The molecule has 0 radical (unpaired) electrons. The lowest BCUT2D eigenvalue weighted by Gasteiger charge is -2.31. The summed E-state index contributed by atoms with van der Waals surface area (Å²) >= 11 is 0. The van der Waals surface area contributed by atoms with Crippen molar-refractivity contribution in [3.05, 3.63) is 47.8 Å². The van der Waals surface area contributed by atoms with Gasteiger partial charge in [0.2, 0.25) is 5.95 Å². The molecule has 1 aromatic carbocycles. The zero-order valence-electron chi connectivity index (χ0n) is 16.9. The molecule has 2 aromatic rings. The SMILES string of the molecule is CCOC(=O)N1CCC(Nc2nccc(C(=O)Nc3ccccc3CC)n2)CC1. The van der Waals surface area contributed by atoms with Crippen molar-refractivity contribution in [2.75, 3.05) is 30.3 Å². The Labute approximate surface area is 170 Å². The van der Waals surface area contributed by atoms with Gasteiger partial charge in [0.05, 0.1) is 6.61 Å². The maximum absolute atomic E-state index is 12.6. The number of nitrogens with zero attached hydrogens (tertiary/aromatic N) is 3. The second kappa shape index (κ2) is 9.86. The van der Waals surface area contributed by atoms with E-state index in [1.165, 1.54) is 0 Å². The van der Waals surface area contributed by atoms with E-state index in [9.17, 15) is 9.59 Å². The third kappa shape index (κ3) is 5.43. The van der Waals surface area contributed by atoms with E-state index in [1.54, 1.807) is 24.1 Å². The van der Waals surface area contributed by atoms with E-state index in [2.05, 4.69) is 20.6 Å². The van der Waals surface area contributed by atoms with Crippen LogP contribution in [0, 0.1) is 0 Å². The molecule has 0 spiro atoms. The molecule has 29 heavy (non-hydrogen) atoms. The summed E-state index contributed by atoms with van der Waals surface area (Å²) < 4.78 is 5.04. The number of aryl methyl sites for hydroxylation is 1. The standard InChI is InChI=1S/C21H27N5O3/c1-3-15-7-5-6-8-17(15)24-19(27)18-9-12-22-20(25-18)23-16-10-13-26(14-11-16)21(28)29-4-2/h5-9,12,16H,3-4,10-11,13-14H2,1-2H3,(H,24,27)(H,22,23,25). The average Bonchev–Trinajstić information content (AvgIpc) is 2.75. The van der Waals surface area contributed by atoms with Crippen LogP contribution >= 0.6 is 0 Å². The van der Waals surface area contributed by atoms with Crippen LogP contribution < -0.4 is 10.6 Å². The minimum Gasteiger partial charge on any atom is -0.450 e. The molecule has 1 aliphatic heterocycles. The summed E-state index contributed by atoms with van der Waals surface area (Å²) in [5.41, 5.74) is 2.17. The molecule has 3 rings (SSSR count). The summed E-state index contributed by atoms with van der Waals surface area (Å²) in [6.07, 6.45) is 3.67. The molecule has 8 heteroatoms. The van der Waals surface area contributed by atoms with Crippen molar-refractivity contribution in [3.8, 4) is 0 Å². The van der Waals surface area contributed by atoms with Gasteiger partial charge in [-0.25, -0.2) is 14.8 Å². The van der Waals surface area contributed by atoms with Crippen LogP contribution in [0.4, 0.5) is 16.4 Å². The van der Waals surface area contributed by atoms with Crippen LogP contribution in [0.25, 0.3) is 0 Å². The van der Waals surface area contributed by atoms with Crippen LogP contribution in [0.15, 0.2) is 36.5 Å². The van der Waals surface area contributed by atoms with Gasteiger partial charge in [-0.3, -0.25) is 4.79 Å². The summed E-state index contributed by atoms with van der Waals surface area (Å²) in [6, 6.07) is 9.46. The van der Waals surface area contributed by atoms with Crippen molar-refractivity contribution in [3.63, 3.8) is 0 Å². The number of benzene rings is 1. The number of hydrogen-bond acceptors (Lipinski definition) is 6. The van der Waals surface area contributed by atoms with Gasteiger partial charge in [-0.1, -0.05) is 25.1 Å². The summed E-state index contributed by atoms with van der Waals surface area (Å²) in [7, 11) is 0. The van der Waals surface area contributed by atoms with Gasteiger partial charge in [0.25, 0.3) is 5.91 Å². The van der Waals surface area contributed by atoms with Crippen molar-refractivity contribution in [2.45, 2.75) is 39.2 Å². The second-order valence-corrected chi connectivity index (χ2v) is 6.83. The highest BCUT2D eigenvalue weighted by atomic mass is 16.6. The van der Waals surface area contributed by atoms with Gasteiger partial charge in [-0.15, -0.1) is 0 Å². The zero-order valence-corrected chi connectivity index (χ0v) is 16.9. The minimum atomic E-state index is -0.270. The van der Waals surface area contributed by atoms with E-state index in [1.807, 2.05) is 31.2 Å². The van der Waals surface area contributed by atoms with Crippen LogP contribution in [0.2, 0.25) is 0 Å². The molecule has 154 valence electrons. The van der Waals surface area contributed by atoms with Crippen molar-refractivity contribution in [2.24, 2.45) is 0 Å². The summed E-state index contributed by atoms with van der Waals surface area (Å²) in [6.45, 7) is 5.45. The fourth-order valence-electron chi connectivity index (χ4n) is 3.30. The normalized spacial score (nSPS) is 14.3. The number of para-hydroxylation sites is 1. The number of likely N-dealkylation sites (tertiary alicyclic amines) is 1. The first-order valence-electron chi connectivity index (χ1n) is 10.0. The largest absolute Gasteiger partial charge is 0.450 e. The number of anilines is 2. The molecular formula is C21H27N5O3. The Morgan fingerprint density at radius 1 is 1.17 bits per heavy atom. The summed E-state index contributed by atoms with van der Waals surface area (Å²) in [5.74, 6) is 0.143. The number of amides is 2. The van der Waals surface area contributed by atoms with Gasteiger partial charge in [-0.2, -0.15) is 0 Å². The Morgan fingerprint density at radius 3 is 2.66 bits per heavy atom. The molecule has 8 nitrogen and oxygen atoms in total. The zero-order chi connectivity index (χ0) is 20.6. The molecule has 0 bridgehead atoms. The molecule has 2 N–H and O–H groups in total. The van der Waals surface area contributed by atoms with Gasteiger partial charge in [0.15, 0.2) is 0 Å². The molecule has 0 unspecified atom stereocenters. The molecular weight excluding hydrogens is 370 g/mol. The number of carbonyl (C=O) groups excluding carboxylic acids is 2. The van der Waals surface area contributed by atoms with E-state index in [4.69, 9.17) is 4.74 Å². The van der Waals surface area contributed by atoms with Crippen LogP contribution in [0.3, 0.4) is 0 Å². The molecule has 0 atom stereocenters. The van der Waals surface area contributed by atoms with Gasteiger partial charge in [0.1, 0.15) is 5.69 Å². The number of rotatable bonds is 6. The fourth-order valence-corrected chi connectivity index (χ4v) is 3.30. The molecule has 1 saturated heterocycles. The predicted octanol–water partition coefficient (Wildman–Crippen LogP) is 3.32. The lowest BCUT2D eigenvalue weighted by molar-refractivity contribution is 0.0980. The molecule has 1 aromatic heterocycles. The third-order valence-electron chi connectivity index (χ3n) is 4.89. The molecule has 1 fully saturated rings. The van der Waals surface area contributed by atoms with Gasteiger partial charge in [0, 0.05) is 31.0 Å². The number of piperidine rings is 1. The first-order chi connectivity index (χ1) is 14.1. The molecule has 2 amide bonds. The van der Waals surface area contributed by atoms with E-state index >= 15 is 0 Å². The number of hydrogen-bond donors (Lipinski definition) is 2. The lowest BCUT2D eigenvalue weighted by Crippen LogP contribution is -2.42. The number of carbonyl (C=O) groups is 2. The highest BCUT2D eigenvalue weighted by Crippen LogP contribution is 2.18. The van der Waals surface area contributed by atoms with Gasteiger partial charge < -0.3 is 20.3 Å². The van der Waals surface area contributed by atoms with Crippen molar-refractivity contribution in [1.29, 1.82) is 0 Å².